The molecule has 0 bridgehead atoms. The van der Waals surface area contributed by atoms with Crippen LogP contribution in [0.5, 0.6) is 0 Å². The van der Waals surface area contributed by atoms with Gasteiger partial charge in [-0.25, -0.2) is 13.8 Å². The third-order valence-corrected chi connectivity index (χ3v) is 5.38. The van der Waals surface area contributed by atoms with Crippen molar-refractivity contribution >= 4 is 23.4 Å². The third kappa shape index (κ3) is 3.73. The number of oxazole rings is 1. The van der Waals surface area contributed by atoms with Gasteiger partial charge in [0.25, 0.3) is 0 Å². The van der Waals surface area contributed by atoms with Gasteiger partial charge < -0.3 is 9.32 Å². The number of benzene rings is 2. The minimum absolute atomic E-state index is 0.00420. The number of carbonyl (C=O) groups is 1. The molecule has 0 saturated heterocycles. The molecule has 0 N–H and O–H groups in total. The van der Waals surface area contributed by atoms with Gasteiger partial charge >= 0.3 is 0 Å². The van der Waals surface area contributed by atoms with Crippen molar-refractivity contribution in [3.63, 3.8) is 0 Å². The molecule has 1 aliphatic heterocycles. The molecule has 138 valence electrons. The predicted molar refractivity (Wildman–Crippen MR) is 99.7 cm³/mol. The third-order valence-electron chi connectivity index (χ3n) is 4.33. The highest BCUT2D eigenvalue weighted by Gasteiger charge is 2.23. The molecule has 0 unspecified atom stereocenters. The second kappa shape index (κ2) is 7.52. The first-order valence-corrected chi connectivity index (χ1v) is 9.53. The summed E-state index contributed by atoms with van der Waals surface area (Å²) in [5, 5.41) is 0. The molecule has 1 amide bonds. The molecule has 0 atom stereocenters. The second-order valence-corrected chi connectivity index (χ2v) is 7.24. The highest BCUT2D eigenvalue weighted by atomic mass is 32.2. The van der Waals surface area contributed by atoms with Crippen LogP contribution in [0.3, 0.4) is 0 Å². The van der Waals surface area contributed by atoms with Crippen LogP contribution in [0.15, 0.2) is 58.0 Å². The molecule has 27 heavy (non-hydrogen) atoms. The van der Waals surface area contributed by atoms with Gasteiger partial charge in [0.1, 0.15) is 11.6 Å². The smallest absolute Gasteiger partial charge is 0.227 e. The Labute approximate surface area is 159 Å². The van der Waals surface area contributed by atoms with E-state index in [2.05, 4.69) is 4.98 Å². The van der Waals surface area contributed by atoms with Gasteiger partial charge in [0, 0.05) is 36.1 Å². The molecule has 0 aliphatic carbocycles. The van der Waals surface area contributed by atoms with E-state index in [-0.39, 0.29) is 23.7 Å². The molecule has 4 rings (SSSR count). The Morgan fingerprint density at radius 2 is 2.07 bits per heavy atom. The van der Waals surface area contributed by atoms with Crippen LogP contribution in [-0.2, 0) is 11.2 Å². The zero-order valence-corrected chi connectivity index (χ0v) is 15.1. The van der Waals surface area contributed by atoms with E-state index in [0.717, 1.165) is 28.5 Å². The average Bonchev–Trinajstić information content (AvgIpc) is 3.14. The van der Waals surface area contributed by atoms with E-state index >= 15 is 0 Å². The first-order chi connectivity index (χ1) is 13.1. The molecule has 0 saturated carbocycles. The van der Waals surface area contributed by atoms with E-state index in [1.807, 2.05) is 24.3 Å². The van der Waals surface area contributed by atoms with Crippen molar-refractivity contribution in [1.29, 1.82) is 0 Å². The highest BCUT2D eigenvalue weighted by Crippen LogP contribution is 2.34. The topological polar surface area (TPSA) is 46.3 Å². The van der Waals surface area contributed by atoms with Crippen molar-refractivity contribution in [2.45, 2.75) is 17.7 Å². The Bertz CT molecular complexity index is 990. The summed E-state index contributed by atoms with van der Waals surface area (Å²) in [6.07, 6.45) is 1.95. The maximum atomic E-state index is 13.9. The van der Waals surface area contributed by atoms with E-state index in [1.54, 1.807) is 16.7 Å². The van der Waals surface area contributed by atoms with Crippen molar-refractivity contribution in [3.8, 4) is 11.3 Å². The number of aromatic nitrogens is 1. The Morgan fingerprint density at radius 3 is 2.93 bits per heavy atom. The van der Waals surface area contributed by atoms with E-state index in [4.69, 9.17) is 4.42 Å². The lowest BCUT2D eigenvalue weighted by Gasteiger charge is -2.28. The molecular formula is C20H16F2N2O2S. The number of carbonyl (C=O) groups excluding carboxylic acids is 1. The SMILES string of the molecule is O=C(CCc1ncc(-c2ccc(F)cc2F)o1)N1CCSc2ccccc21. The van der Waals surface area contributed by atoms with E-state index in [1.165, 1.54) is 12.3 Å². The number of aryl methyl sites for hydroxylation is 1. The number of rotatable bonds is 4. The lowest BCUT2D eigenvalue weighted by Crippen LogP contribution is -2.35. The summed E-state index contributed by atoms with van der Waals surface area (Å²) in [6.45, 7) is 0.665. The van der Waals surface area contributed by atoms with Crippen LogP contribution in [0.25, 0.3) is 11.3 Å². The second-order valence-electron chi connectivity index (χ2n) is 6.10. The highest BCUT2D eigenvalue weighted by molar-refractivity contribution is 7.99. The summed E-state index contributed by atoms with van der Waals surface area (Å²) in [5.74, 6) is 0.0556. The summed E-state index contributed by atoms with van der Waals surface area (Å²) in [7, 11) is 0. The number of nitrogens with zero attached hydrogens (tertiary/aromatic N) is 2. The van der Waals surface area contributed by atoms with Crippen LogP contribution in [0, 0.1) is 11.6 Å². The quantitative estimate of drug-likeness (QED) is 0.653. The number of anilines is 1. The fourth-order valence-corrected chi connectivity index (χ4v) is 4.01. The predicted octanol–water partition coefficient (Wildman–Crippen LogP) is 4.69. The zero-order valence-electron chi connectivity index (χ0n) is 14.3. The summed E-state index contributed by atoms with van der Waals surface area (Å²) >= 11 is 1.74. The lowest BCUT2D eigenvalue weighted by atomic mass is 10.2. The van der Waals surface area contributed by atoms with Crippen LogP contribution in [-0.4, -0.2) is 23.2 Å². The normalized spacial score (nSPS) is 13.5. The standard InChI is InChI=1S/C20H16F2N2O2S/c21-13-5-6-14(15(22)11-13)17-12-23-19(26-17)7-8-20(25)24-9-10-27-18-4-2-1-3-16(18)24/h1-6,11-12H,7-10H2. The Hall–Kier alpha value is -2.67. The Morgan fingerprint density at radius 1 is 1.22 bits per heavy atom. The average molecular weight is 386 g/mol. The number of para-hydroxylation sites is 1. The molecule has 0 spiro atoms. The van der Waals surface area contributed by atoms with Gasteiger partial charge in [-0.1, -0.05) is 12.1 Å². The summed E-state index contributed by atoms with van der Waals surface area (Å²) in [4.78, 5) is 19.7. The Balaban J connectivity index is 1.44. The van der Waals surface area contributed by atoms with Gasteiger partial charge in [-0.15, -0.1) is 11.8 Å². The minimum Gasteiger partial charge on any atom is -0.441 e. The summed E-state index contributed by atoms with van der Waals surface area (Å²) in [6, 6.07) is 11.1. The van der Waals surface area contributed by atoms with Crippen molar-refractivity contribution in [1.82, 2.24) is 4.98 Å². The summed E-state index contributed by atoms with van der Waals surface area (Å²) < 4.78 is 32.4. The lowest BCUT2D eigenvalue weighted by molar-refractivity contribution is -0.118. The van der Waals surface area contributed by atoms with Gasteiger partial charge in [0.05, 0.1) is 17.4 Å². The molecular weight excluding hydrogens is 370 g/mol. The molecule has 0 radical (unpaired) electrons. The van der Waals surface area contributed by atoms with Crippen LogP contribution in [0.1, 0.15) is 12.3 Å². The van der Waals surface area contributed by atoms with Gasteiger partial charge in [-0.2, -0.15) is 0 Å². The Kier molecular flexibility index (Phi) is 4.94. The van der Waals surface area contributed by atoms with Gasteiger partial charge in [-0.05, 0) is 24.3 Å². The molecule has 1 aliphatic rings. The van der Waals surface area contributed by atoms with E-state index in [9.17, 15) is 13.6 Å². The molecule has 0 fully saturated rings. The molecule has 2 aromatic carbocycles. The van der Waals surface area contributed by atoms with Crippen molar-refractivity contribution in [2.75, 3.05) is 17.2 Å². The van der Waals surface area contributed by atoms with Crippen LogP contribution in [0.2, 0.25) is 0 Å². The number of hydrogen-bond acceptors (Lipinski definition) is 4. The minimum atomic E-state index is -0.712. The molecule has 7 heteroatoms. The molecule has 3 aromatic rings. The summed E-state index contributed by atoms with van der Waals surface area (Å²) in [5.41, 5.74) is 1.07. The van der Waals surface area contributed by atoms with E-state index < -0.39 is 11.6 Å². The van der Waals surface area contributed by atoms with Crippen LogP contribution in [0.4, 0.5) is 14.5 Å². The molecule has 1 aromatic heterocycles. The van der Waals surface area contributed by atoms with Gasteiger partial charge in [0.15, 0.2) is 11.7 Å². The maximum Gasteiger partial charge on any atom is 0.227 e. The zero-order chi connectivity index (χ0) is 18.8. The van der Waals surface area contributed by atoms with Crippen molar-refractivity contribution in [3.05, 3.63) is 66.2 Å². The number of halogens is 2. The largest absolute Gasteiger partial charge is 0.441 e. The van der Waals surface area contributed by atoms with Gasteiger partial charge in [0.2, 0.25) is 5.91 Å². The first kappa shape index (κ1) is 17.7. The number of thioether (sulfide) groups is 1. The number of amides is 1. The maximum absolute atomic E-state index is 13.9. The fourth-order valence-electron chi connectivity index (χ4n) is 3.02. The molecule has 2 heterocycles. The monoisotopic (exact) mass is 386 g/mol. The molecule has 4 nitrogen and oxygen atoms in total. The fraction of sp³-hybridized carbons (Fsp3) is 0.200. The van der Waals surface area contributed by atoms with Crippen LogP contribution < -0.4 is 4.90 Å². The van der Waals surface area contributed by atoms with Crippen molar-refractivity contribution < 1.29 is 18.0 Å². The number of fused-ring (bicyclic) bond motifs is 1. The van der Waals surface area contributed by atoms with Crippen LogP contribution >= 0.6 is 11.8 Å². The van der Waals surface area contributed by atoms with Crippen molar-refractivity contribution in [2.24, 2.45) is 0 Å². The number of hydrogen-bond donors (Lipinski definition) is 0. The van der Waals surface area contributed by atoms with E-state index in [0.29, 0.717) is 18.9 Å². The van der Waals surface area contributed by atoms with Gasteiger partial charge in [-0.3, -0.25) is 4.79 Å². The first-order valence-electron chi connectivity index (χ1n) is 8.54.